The second-order valence-corrected chi connectivity index (χ2v) is 11.6. The maximum absolute atomic E-state index is 12.3. The average Bonchev–Trinajstić information content (AvgIpc) is 3.42. The van der Waals surface area contributed by atoms with Crippen molar-refractivity contribution in [3.8, 4) is 11.1 Å². The Balaban J connectivity index is 1.07. The SMILES string of the molecule is CC(C)(C)OC(=O)N1CCN(Cc2ccnc(Nc3nc4ccc(-c5cnn(CC6CC6)c5)cc4[nH]3)c2)CC1. The fourth-order valence-electron chi connectivity index (χ4n) is 4.86. The van der Waals surface area contributed by atoms with Crippen LogP contribution in [0.5, 0.6) is 0 Å². The highest BCUT2D eigenvalue weighted by molar-refractivity contribution is 5.83. The highest BCUT2D eigenvalue weighted by Gasteiger charge is 2.26. The maximum atomic E-state index is 12.3. The third kappa shape index (κ3) is 6.39. The number of fused-ring (bicyclic) bond motifs is 1. The van der Waals surface area contributed by atoms with Gasteiger partial charge in [0.15, 0.2) is 0 Å². The van der Waals surface area contributed by atoms with Crippen LogP contribution in [0, 0.1) is 5.92 Å². The summed E-state index contributed by atoms with van der Waals surface area (Å²) in [6.07, 6.45) is 8.27. The van der Waals surface area contributed by atoms with E-state index in [1.54, 1.807) is 4.90 Å². The Bertz CT molecular complexity index is 1460. The van der Waals surface area contributed by atoms with E-state index in [4.69, 9.17) is 9.72 Å². The number of amides is 1. The number of carbonyl (C=O) groups excluding carboxylic acids is 1. The van der Waals surface area contributed by atoms with Crippen LogP contribution in [0.4, 0.5) is 16.6 Å². The number of carbonyl (C=O) groups is 1. The van der Waals surface area contributed by atoms with Gasteiger partial charge >= 0.3 is 6.09 Å². The summed E-state index contributed by atoms with van der Waals surface area (Å²) in [5, 5.41) is 7.86. The molecule has 1 aromatic carbocycles. The summed E-state index contributed by atoms with van der Waals surface area (Å²) in [7, 11) is 0. The number of anilines is 2. The van der Waals surface area contributed by atoms with Gasteiger partial charge in [-0.15, -0.1) is 0 Å². The molecule has 1 aliphatic heterocycles. The van der Waals surface area contributed by atoms with Crippen molar-refractivity contribution in [3.05, 3.63) is 54.5 Å². The summed E-state index contributed by atoms with van der Waals surface area (Å²) < 4.78 is 7.56. The molecular weight excluding hydrogens is 492 g/mol. The number of benzene rings is 1. The lowest BCUT2D eigenvalue weighted by Crippen LogP contribution is -2.49. The molecule has 204 valence electrons. The van der Waals surface area contributed by atoms with Crippen molar-refractivity contribution in [3.63, 3.8) is 0 Å². The molecule has 39 heavy (non-hydrogen) atoms. The van der Waals surface area contributed by atoms with Crippen molar-refractivity contribution in [1.82, 2.24) is 34.5 Å². The molecule has 1 saturated heterocycles. The van der Waals surface area contributed by atoms with Crippen LogP contribution in [-0.4, -0.2) is 72.4 Å². The van der Waals surface area contributed by atoms with Crippen LogP contribution in [0.2, 0.25) is 0 Å². The Morgan fingerprint density at radius 2 is 1.92 bits per heavy atom. The van der Waals surface area contributed by atoms with Gasteiger partial charge in [0.1, 0.15) is 11.4 Å². The number of aromatic nitrogens is 5. The van der Waals surface area contributed by atoms with Crippen LogP contribution in [0.25, 0.3) is 22.2 Å². The molecule has 0 bridgehead atoms. The molecule has 10 heteroatoms. The number of aromatic amines is 1. The lowest BCUT2D eigenvalue weighted by Gasteiger charge is -2.35. The largest absolute Gasteiger partial charge is 0.444 e. The molecule has 3 aromatic heterocycles. The first kappa shape index (κ1) is 25.4. The summed E-state index contributed by atoms with van der Waals surface area (Å²) in [6.45, 7) is 10.4. The Morgan fingerprint density at radius 3 is 2.69 bits per heavy atom. The second kappa shape index (κ2) is 10.3. The number of piperazine rings is 1. The topological polar surface area (TPSA) is 104 Å². The molecule has 1 saturated carbocycles. The zero-order valence-corrected chi connectivity index (χ0v) is 22.9. The van der Waals surface area contributed by atoms with Gasteiger partial charge in [0.25, 0.3) is 0 Å². The second-order valence-electron chi connectivity index (χ2n) is 11.6. The van der Waals surface area contributed by atoms with Crippen LogP contribution >= 0.6 is 0 Å². The third-order valence-corrected chi connectivity index (χ3v) is 7.09. The number of imidazole rings is 1. The highest BCUT2D eigenvalue weighted by Crippen LogP contribution is 2.31. The van der Waals surface area contributed by atoms with Gasteiger partial charge in [0.05, 0.1) is 17.2 Å². The summed E-state index contributed by atoms with van der Waals surface area (Å²) in [6, 6.07) is 10.3. The smallest absolute Gasteiger partial charge is 0.410 e. The van der Waals surface area contributed by atoms with E-state index in [1.165, 1.54) is 12.8 Å². The molecule has 0 unspecified atom stereocenters. The number of pyridine rings is 1. The Hall–Kier alpha value is -3.92. The van der Waals surface area contributed by atoms with Crippen molar-refractivity contribution in [2.24, 2.45) is 5.92 Å². The van der Waals surface area contributed by atoms with Crippen molar-refractivity contribution < 1.29 is 9.53 Å². The number of hydrogen-bond donors (Lipinski definition) is 2. The van der Waals surface area contributed by atoms with Crippen molar-refractivity contribution in [2.75, 3.05) is 31.5 Å². The minimum atomic E-state index is -0.476. The predicted octanol–water partition coefficient (Wildman–Crippen LogP) is 5.03. The van der Waals surface area contributed by atoms with E-state index in [2.05, 4.69) is 48.3 Å². The third-order valence-electron chi connectivity index (χ3n) is 7.09. The first-order valence-corrected chi connectivity index (χ1v) is 13.7. The van der Waals surface area contributed by atoms with E-state index in [-0.39, 0.29) is 6.09 Å². The molecular formula is C29H36N8O2. The quantitative estimate of drug-likeness (QED) is 0.347. The first-order chi connectivity index (χ1) is 18.8. The molecule has 2 aliphatic rings. The zero-order chi connectivity index (χ0) is 27.0. The fraction of sp³-hybridized carbons (Fsp3) is 0.448. The zero-order valence-electron chi connectivity index (χ0n) is 22.9. The molecule has 2 fully saturated rings. The van der Waals surface area contributed by atoms with Crippen LogP contribution in [-0.2, 0) is 17.8 Å². The Morgan fingerprint density at radius 1 is 1.10 bits per heavy atom. The summed E-state index contributed by atoms with van der Waals surface area (Å²) in [5.74, 6) is 2.19. The summed E-state index contributed by atoms with van der Waals surface area (Å²) in [4.78, 5) is 29.1. The Labute approximate surface area is 228 Å². The van der Waals surface area contributed by atoms with Gasteiger partial charge in [-0.05, 0) is 74.9 Å². The molecule has 0 radical (unpaired) electrons. The van der Waals surface area contributed by atoms with E-state index >= 15 is 0 Å². The van der Waals surface area contributed by atoms with Gasteiger partial charge in [0.2, 0.25) is 5.95 Å². The monoisotopic (exact) mass is 528 g/mol. The van der Waals surface area contributed by atoms with Gasteiger partial charge in [-0.1, -0.05) is 6.07 Å². The normalized spacial score (nSPS) is 16.5. The molecule has 6 rings (SSSR count). The van der Waals surface area contributed by atoms with E-state index in [0.717, 1.165) is 65.6 Å². The van der Waals surface area contributed by atoms with E-state index < -0.39 is 5.60 Å². The van der Waals surface area contributed by atoms with Crippen LogP contribution in [0.3, 0.4) is 0 Å². The van der Waals surface area contributed by atoms with Gasteiger partial charge in [0, 0.05) is 57.2 Å². The molecule has 1 aliphatic carbocycles. The predicted molar refractivity (Wildman–Crippen MR) is 151 cm³/mol. The lowest BCUT2D eigenvalue weighted by atomic mass is 10.1. The lowest BCUT2D eigenvalue weighted by molar-refractivity contribution is 0.0139. The highest BCUT2D eigenvalue weighted by atomic mass is 16.6. The number of nitrogens with one attached hydrogen (secondary N) is 2. The van der Waals surface area contributed by atoms with Crippen molar-refractivity contribution in [1.29, 1.82) is 0 Å². The Kier molecular flexibility index (Phi) is 6.72. The number of rotatable bonds is 7. The number of nitrogens with zero attached hydrogens (tertiary/aromatic N) is 6. The average molecular weight is 529 g/mol. The molecule has 0 atom stereocenters. The molecule has 0 spiro atoms. The minimum Gasteiger partial charge on any atom is -0.444 e. The van der Waals surface area contributed by atoms with Crippen LogP contribution < -0.4 is 5.32 Å². The summed E-state index contributed by atoms with van der Waals surface area (Å²) in [5.41, 5.74) is 4.76. The van der Waals surface area contributed by atoms with E-state index in [0.29, 0.717) is 19.0 Å². The van der Waals surface area contributed by atoms with Gasteiger partial charge in [-0.2, -0.15) is 5.10 Å². The molecule has 1 amide bonds. The number of hydrogen-bond acceptors (Lipinski definition) is 7. The minimum absolute atomic E-state index is 0.237. The number of ether oxygens (including phenoxy) is 1. The van der Waals surface area contributed by atoms with Gasteiger partial charge in [-0.25, -0.2) is 14.8 Å². The van der Waals surface area contributed by atoms with Crippen LogP contribution in [0.15, 0.2) is 48.9 Å². The van der Waals surface area contributed by atoms with Crippen molar-refractivity contribution in [2.45, 2.75) is 52.3 Å². The molecule has 2 N–H and O–H groups in total. The van der Waals surface area contributed by atoms with Crippen LogP contribution in [0.1, 0.15) is 39.2 Å². The van der Waals surface area contributed by atoms with Crippen molar-refractivity contribution >= 4 is 28.9 Å². The van der Waals surface area contributed by atoms with E-state index in [1.807, 2.05) is 51.4 Å². The van der Waals surface area contributed by atoms with Gasteiger partial charge in [-0.3, -0.25) is 9.58 Å². The van der Waals surface area contributed by atoms with Gasteiger partial charge < -0.3 is 19.9 Å². The first-order valence-electron chi connectivity index (χ1n) is 13.7. The molecule has 4 heterocycles. The maximum Gasteiger partial charge on any atom is 0.410 e. The standard InChI is InChI=1S/C29H36N8O2/c1-29(2,3)39-28(38)36-12-10-35(11-13-36)17-21-8-9-30-26(14-21)34-27-32-24-7-6-22(15-25(24)33-27)23-16-31-37(19-23)18-20-4-5-20/h6-9,14-16,19-20H,4-5,10-13,17-18H2,1-3H3,(H2,30,32,33,34). The fourth-order valence-corrected chi connectivity index (χ4v) is 4.86. The summed E-state index contributed by atoms with van der Waals surface area (Å²) >= 11 is 0. The number of H-pyrrole nitrogens is 1. The van der Waals surface area contributed by atoms with E-state index in [9.17, 15) is 4.79 Å². The molecule has 4 aromatic rings. The molecule has 10 nitrogen and oxygen atoms in total.